The Balaban J connectivity index is 2.52. The molecular formula is C14H18N2O3. The van der Waals surface area contributed by atoms with Crippen LogP contribution >= 0.6 is 0 Å². The minimum atomic E-state index is -0.983. The topological polar surface area (TPSA) is 75.1 Å². The highest BCUT2D eigenvalue weighted by atomic mass is 16.4. The van der Waals surface area contributed by atoms with Gasteiger partial charge in [0.1, 0.15) is 0 Å². The monoisotopic (exact) mass is 262 g/mol. The highest BCUT2D eigenvalue weighted by Crippen LogP contribution is 2.20. The molecule has 1 aromatic heterocycles. The summed E-state index contributed by atoms with van der Waals surface area (Å²) >= 11 is 0. The zero-order valence-electron chi connectivity index (χ0n) is 11.1. The average molecular weight is 262 g/mol. The minimum Gasteiger partial charge on any atom is -0.478 e. The molecule has 2 rings (SSSR count). The molecule has 0 aliphatic rings. The van der Waals surface area contributed by atoms with Crippen LogP contribution in [0.15, 0.2) is 23.0 Å². The van der Waals surface area contributed by atoms with E-state index < -0.39 is 5.97 Å². The molecule has 2 N–H and O–H groups in total. The third-order valence-corrected chi connectivity index (χ3v) is 3.38. The van der Waals surface area contributed by atoms with Gasteiger partial charge in [0, 0.05) is 6.04 Å². The summed E-state index contributed by atoms with van der Waals surface area (Å²) in [7, 11) is 0. The van der Waals surface area contributed by atoms with E-state index in [-0.39, 0.29) is 17.3 Å². The standard InChI is InChI=1S/C14H18N2O3/c1-3-4-5-9(2)16-12-8-10(13(17)18)6-7-11(12)15-14(16)19/h6-9H,3-5H2,1-2H3,(H,15,19)(H,17,18). The van der Waals surface area contributed by atoms with Crippen molar-refractivity contribution in [1.82, 2.24) is 9.55 Å². The lowest BCUT2D eigenvalue weighted by atomic mass is 10.1. The van der Waals surface area contributed by atoms with Gasteiger partial charge in [-0.1, -0.05) is 19.8 Å². The Bertz CT molecular complexity index is 654. The first-order valence-electron chi connectivity index (χ1n) is 6.52. The molecule has 0 fully saturated rings. The summed E-state index contributed by atoms with van der Waals surface area (Å²) in [5.74, 6) is -0.983. The molecule has 1 atom stereocenters. The Morgan fingerprint density at radius 1 is 1.47 bits per heavy atom. The van der Waals surface area contributed by atoms with E-state index in [9.17, 15) is 9.59 Å². The van der Waals surface area contributed by atoms with Crippen molar-refractivity contribution in [2.75, 3.05) is 0 Å². The van der Waals surface area contributed by atoms with Crippen LogP contribution in [0.4, 0.5) is 0 Å². The summed E-state index contributed by atoms with van der Waals surface area (Å²) < 4.78 is 1.65. The van der Waals surface area contributed by atoms with Gasteiger partial charge in [0.25, 0.3) is 0 Å². The molecule has 0 saturated heterocycles. The molecule has 0 aliphatic carbocycles. The Morgan fingerprint density at radius 2 is 2.21 bits per heavy atom. The number of H-pyrrole nitrogens is 1. The van der Waals surface area contributed by atoms with Crippen molar-refractivity contribution >= 4 is 17.0 Å². The van der Waals surface area contributed by atoms with Crippen molar-refractivity contribution in [3.63, 3.8) is 0 Å². The van der Waals surface area contributed by atoms with Crippen molar-refractivity contribution < 1.29 is 9.90 Å². The van der Waals surface area contributed by atoms with E-state index >= 15 is 0 Å². The molecule has 2 aromatic rings. The van der Waals surface area contributed by atoms with E-state index in [1.807, 2.05) is 6.92 Å². The maximum absolute atomic E-state index is 12.0. The quantitative estimate of drug-likeness (QED) is 0.870. The number of nitrogens with zero attached hydrogens (tertiary/aromatic N) is 1. The first kappa shape index (κ1) is 13.4. The number of benzene rings is 1. The summed E-state index contributed by atoms with van der Waals surface area (Å²) in [4.78, 5) is 25.8. The molecule has 0 spiro atoms. The number of fused-ring (bicyclic) bond motifs is 1. The van der Waals surface area contributed by atoms with Gasteiger partial charge in [-0.3, -0.25) is 4.57 Å². The van der Waals surface area contributed by atoms with Crippen LogP contribution in [0.3, 0.4) is 0 Å². The lowest BCUT2D eigenvalue weighted by Crippen LogP contribution is -2.20. The number of unbranched alkanes of at least 4 members (excludes halogenated alkanes) is 1. The Kier molecular flexibility index (Phi) is 3.74. The van der Waals surface area contributed by atoms with Gasteiger partial charge in [-0.2, -0.15) is 0 Å². The molecule has 0 aliphatic heterocycles. The average Bonchev–Trinajstić information content (AvgIpc) is 2.70. The number of carboxylic acids is 1. The number of carboxylic acid groups (broad SMARTS) is 1. The number of carbonyl (C=O) groups is 1. The Morgan fingerprint density at radius 3 is 2.84 bits per heavy atom. The molecular weight excluding hydrogens is 244 g/mol. The number of nitrogens with one attached hydrogen (secondary N) is 1. The summed E-state index contributed by atoms with van der Waals surface area (Å²) in [6.07, 6.45) is 3.02. The second kappa shape index (κ2) is 5.30. The molecule has 5 nitrogen and oxygen atoms in total. The number of aromatic amines is 1. The number of hydrogen-bond donors (Lipinski definition) is 2. The molecule has 0 saturated carbocycles. The van der Waals surface area contributed by atoms with Crippen LogP contribution in [0.2, 0.25) is 0 Å². The zero-order valence-corrected chi connectivity index (χ0v) is 11.1. The number of aromatic nitrogens is 2. The van der Waals surface area contributed by atoms with Crippen LogP contribution in [0.1, 0.15) is 49.5 Å². The van der Waals surface area contributed by atoms with Crippen molar-refractivity contribution in [1.29, 1.82) is 0 Å². The van der Waals surface area contributed by atoms with Gasteiger partial charge in [0.2, 0.25) is 0 Å². The normalized spacial score (nSPS) is 12.7. The maximum atomic E-state index is 12.0. The number of rotatable bonds is 5. The van der Waals surface area contributed by atoms with Crippen LogP contribution in [0, 0.1) is 0 Å². The van der Waals surface area contributed by atoms with Crippen molar-refractivity contribution in [3.05, 3.63) is 34.2 Å². The van der Waals surface area contributed by atoms with Gasteiger partial charge < -0.3 is 10.1 Å². The molecule has 5 heteroatoms. The van der Waals surface area contributed by atoms with Gasteiger partial charge in [0.15, 0.2) is 0 Å². The van der Waals surface area contributed by atoms with E-state index in [0.717, 1.165) is 19.3 Å². The van der Waals surface area contributed by atoms with Crippen LogP contribution in [0.5, 0.6) is 0 Å². The van der Waals surface area contributed by atoms with Gasteiger partial charge in [0.05, 0.1) is 16.6 Å². The van der Waals surface area contributed by atoms with Gasteiger partial charge in [-0.25, -0.2) is 9.59 Å². The number of hydrogen-bond acceptors (Lipinski definition) is 2. The smallest absolute Gasteiger partial charge is 0.335 e. The van der Waals surface area contributed by atoms with Gasteiger partial charge in [-0.05, 0) is 31.5 Å². The minimum absolute atomic E-state index is 0.0604. The fourth-order valence-electron chi connectivity index (χ4n) is 2.32. The molecule has 0 amide bonds. The van der Waals surface area contributed by atoms with Crippen LogP contribution in [-0.4, -0.2) is 20.6 Å². The fourth-order valence-corrected chi connectivity index (χ4v) is 2.32. The van der Waals surface area contributed by atoms with Gasteiger partial charge in [-0.15, -0.1) is 0 Å². The highest BCUT2D eigenvalue weighted by Gasteiger charge is 2.14. The molecule has 0 bridgehead atoms. The van der Waals surface area contributed by atoms with Crippen molar-refractivity contribution in [2.24, 2.45) is 0 Å². The highest BCUT2D eigenvalue weighted by molar-refractivity contribution is 5.92. The lowest BCUT2D eigenvalue weighted by Gasteiger charge is -2.13. The summed E-state index contributed by atoms with van der Waals surface area (Å²) in [5, 5.41) is 9.02. The zero-order chi connectivity index (χ0) is 14.0. The van der Waals surface area contributed by atoms with Crippen molar-refractivity contribution in [2.45, 2.75) is 39.2 Å². The second-order valence-electron chi connectivity index (χ2n) is 4.83. The first-order valence-corrected chi connectivity index (χ1v) is 6.52. The first-order chi connectivity index (χ1) is 9.04. The second-order valence-corrected chi connectivity index (χ2v) is 4.83. The SMILES string of the molecule is CCCCC(C)n1c(=O)[nH]c2ccc(C(=O)O)cc21. The molecule has 1 aromatic carbocycles. The largest absolute Gasteiger partial charge is 0.478 e. The van der Waals surface area contributed by atoms with Crippen molar-refractivity contribution in [3.8, 4) is 0 Å². The fraction of sp³-hybridized carbons (Fsp3) is 0.429. The van der Waals surface area contributed by atoms with Crippen LogP contribution < -0.4 is 5.69 Å². The van der Waals surface area contributed by atoms with E-state index in [0.29, 0.717) is 11.0 Å². The summed E-state index contributed by atoms with van der Waals surface area (Å²) in [6, 6.07) is 4.76. The van der Waals surface area contributed by atoms with E-state index in [4.69, 9.17) is 5.11 Å². The number of aromatic carboxylic acids is 1. The lowest BCUT2D eigenvalue weighted by molar-refractivity contribution is 0.0697. The number of imidazole rings is 1. The summed E-state index contributed by atoms with van der Waals surface area (Å²) in [5.41, 5.74) is 1.36. The van der Waals surface area contributed by atoms with Crippen LogP contribution in [0.25, 0.3) is 11.0 Å². The molecule has 102 valence electrons. The maximum Gasteiger partial charge on any atom is 0.335 e. The third kappa shape index (κ3) is 2.54. The van der Waals surface area contributed by atoms with Crippen LogP contribution in [-0.2, 0) is 0 Å². The Hall–Kier alpha value is -2.04. The van der Waals surface area contributed by atoms with E-state index in [2.05, 4.69) is 11.9 Å². The van der Waals surface area contributed by atoms with Gasteiger partial charge >= 0.3 is 11.7 Å². The predicted octanol–water partition coefficient (Wildman–Crippen LogP) is 2.78. The van der Waals surface area contributed by atoms with E-state index in [1.165, 1.54) is 6.07 Å². The molecule has 1 heterocycles. The Labute approximate surface area is 110 Å². The summed E-state index contributed by atoms with van der Waals surface area (Å²) in [6.45, 7) is 4.09. The molecule has 1 unspecified atom stereocenters. The molecule has 19 heavy (non-hydrogen) atoms. The molecule has 0 radical (unpaired) electrons. The predicted molar refractivity (Wildman–Crippen MR) is 73.8 cm³/mol. The van der Waals surface area contributed by atoms with E-state index in [1.54, 1.807) is 16.7 Å². The third-order valence-electron chi connectivity index (χ3n) is 3.38.